The van der Waals surface area contributed by atoms with E-state index in [0.29, 0.717) is 16.4 Å². The van der Waals surface area contributed by atoms with Crippen molar-refractivity contribution in [2.75, 3.05) is 12.4 Å². The summed E-state index contributed by atoms with van der Waals surface area (Å²) in [5, 5.41) is 2.96. The Balaban J connectivity index is 1.23. The van der Waals surface area contributed by atoms with Gasteiger partial charge in [0.25, 0.3) is 11.8 Å². The van der Waals surface area contributed by atoms with E-state index in [0.717, 1.165) is 11.1 Å². The largest absolute Gasteiger partial charge is 0.484 e. The molecule has 5 aromatic carbocycles. The Morgan fingerprint density at radius 1 is 0.745 bits per heavy atom. The number of amides is 2. The molecule has 2 aliphatic heterocycles. The highest BCUT2D eigenvalue weighted by molar-refractivity contribution is 8.00. The fourth-order valence-electron chi connectivity index (χ4n) is 5.94. The summed E-state index contributed by atoms with van der Waals surface area (Å²) in [5.74, 6) is -1.20. The number of carbonyl (C=O) groups is 3. The van der Waals surface area contributed by atoms with Gasteiger partial charge in [-0.2, -0.15) is 0 Å². The van der Waals surface area contributed by atoms with Crippen LogP contribution in [0.2, 0.25) is 0 Å². The van der Waals surface area contributed by atoms with Gasteiger partial charge in [0.15, 0.2) is 18.4 Å². The minimum absolute atomic E-state index is 0.0442. The molecule has 256 valence electrons. The Hall–Kier alpha value is -5.57. The van der Waals surface area contributed by atoms with Gasteiger partial charge in [-0.3, -0.25) is 19.1 Å². The fraction of sp³-hybridized carbons (Fsp3) is 0.125. The topological polar surface area (TPSA) is 111 Å². The summed E-state index contributed by atoms with van der Waals surface area (Å²) in [6.45, 7) is -0.294. The lowest BCUT2D eigenvalue weighted by Gasteiger charge is -2.49. The van der Waals surface area contributed by atoms with Crippen LogP contribution in [-0.4, -0.2) is 46.5 Å². The zero-order chi connectivity index (χ0) is 35.2. The predicted molar refractivity (Wildman–Crippen MR) is 196 cm³/mol. The number of hydrogen-bond acceptors (Lipinski definition) is 8. The number of fused-ring (bicyclic) bond motifs is 1. The Morgan fingerprint density at radius 2 is 1.24 bits per heavy atom. The summed E-state index contributed by atoms with van der Waals surface area (Å²) in [6.07, 6.45) is -0.821. The molecule has 9 nitrogen and oxygen atoms in total. The first-order chi connectivity index (χ1) is 24.9. The number of carbonyl (C=O) groups excluding carboxylic acids is 3. The van der Waals surface area contributed by atoms with Crippen molar-refractivity contribution in [3.8, 4) is 5.75 Å². The number of hydrogen-bond donors (Lipinski definition) is 1. The molecule has 2 aliphatic rings. The average Bonchev–Trinajstić information content (AvgIpc) is 3.19. The fourth-order valence-corrected chi connectivity index (χ4v) is 9.38. The molecule has 11 heteroatoms. The highest BCUT2D eigenvalue weighted by Gasteiger charge is 2.56. The smallest absolute Gasteiger partial charge is 0.359 e. The monoisotopic (exact) mass is 716 g/mol. The van der Waals surface area contributed by atoms with E-state index >= 15 is 4.57 Å². The molecule has 1 N–H and O–H groups in total. The average molecular weight is 717 g/mol. The molecule has 0 bridgehead atoms. The summed E-state index contributed by atoms with van der Waals surface area (Å²) in [7, 11) is -3.84. The molecule has 5 aromatic rings. The lowest BCUT2D eigenvalue weighted by molar-refractivity contribution is -0.155. The first kappa shape index (κ1) is 33.9. The highest BCUT2D eigenvalue weighted by atomic mass is 32.2. The third-order valence-corrected chi connectivity index (χ3v) is 12.1. The summed E-state index contributed by atoms with van der Waals surface area (Å²) in [5.41, 5.74) is 1.29. The number of ether oxygens (including phenoxy) is 2. The number of rotatable bonds is 12. The second-order valence-corrected chi connectivity index (χ2v) is 15.2. The van der Waals surface area contributed by atoms with E-state index in [-0.39, 0.29) is 23.8 Å². The number of nitrogens with zero attached hydrogens (tertiary/aromatic N) is 1. The van der Waals surface area contributed by atoms with Gasteiger partial charge in [-0.1, -0.05) is 115 Å². The maximum atomic E-state index is 15.0. The second kappa shape index (κ2) is 15.1. The third kappa shape index (κ3) is 7.20. The number of esters is 1. The number of para-hydroxylation sites is 1. The standard InChI is InChI=1S/C40H33N2O7PS/c43-34(26-47-30-20-10-3-11-21-30)41-35-38(44)42-36(40(45)48-37(28-16-6-1-7-17-28)29-18-8-2-9-19-29)33(27-51-39(35)42)49-50(46,31-22-12-4-13-23-31)32-24-14-5-15-25-32/h1-25,35,37,39H,26-27H2,(H,41,43)/t35-,39+/m1/s1. The van der Waals surface area contributed by atoms with Gasteiger partial charge >= 0.3 is 13.3 Å². The normalized spacial score (nSPS) is 16.9. The SMILES string of the molecule is O=C(COc1ccccc1)N[C@@H]1C(=O)N2C(C(=O)OC(c3ccccc3)c3ccccc3)=C(OP(=O)(c3ccccc3)c3ccccc3)CS[C@@H]12. The van der Waals surface area contributed by atoms with E-state index < -0.39 is 42.7 Å². The Morgan fingerprint density at radius 3 is 1.76 bits per heavy atom. The van der Waals surface area contributed by atoms with Crippen LogP contribution >= 0.6 is 19.1 Å². The predicted octanol–water partition coefficient (Wildman–Crippen LogP) is 5.96. The zero-order valence-electron chi connectivity index (χ0n) is 27.2. The van der Waals surface area contributed by atoms with Crippen LogP contribution in [0.25, 0.3) is 0 Å². The van der Waals surface area contributed by atoms with Gasteiger partial charge < -0.3 is 19.3 Å². The van der Waals surface area contributed by atoms with Gasteiger partial charge in [-0.15, -0.1) is 11.8 Å². The number of β-lactam (4-membered cyclic amide) rings is 1. The Labute approximate surface area is 299 Å². The molecule has 7 rings (SSSR count). The van der Waals surface area contributed by atoms with Crippen LogP contribution in [0, 0.1) is 0 Å². The molecule has 2 heterocycles. The maximum absolute atomic E-state index is 15.0. The summed E-state index contributed by atoms with van der Waals surface area (Å²) in [4.78, 5) is 42.6. The minimum Gasteiger partial charge on any atom is -0.484 e. The number of nitrogens with one attached hydrogen (secondary N) is 1. The van der Waals surface area contributed by atoms with Crippen molar-refractivity contribution in [3.63, 3.8) is 0 Å². The van der Waals surface area contributed by atoms with Crippen molar-refractivity contribution in [2.24, 2.45) is 0 Å². The molecular formula is C40H33N2O7PS. The zero-order valence-corrected chi connectivity index (χ0v) is 29.0. The molecule has 0 unspecified atom stereocenters. The maximum Gasteiger partial charge on any atom is 0.359 e. The summed E-state index contributed by atoms with van der Waals surface area (Å²) >= 11 is 1.29. The van der Waals surface area contributed by atoms with E-state index in [1.807, 2.05) is 78.9 Å². The van der Waals surface area contributed by atoms with Gasteiger partial charge in [0, 0.05) is 0 Å². The highest BCUT2D eigenvalue weighted by Crippen LogP contribution is 2.51. The lowest BCUT2D eigenvalue weighted by Crippen LogP contribution is -2.71. The third-order valence-electron chi connectivity index (χ3n) is 8.42. The van der Waals surface area contributed by atoms with E-state index in [4.69, 9.17) is 14.0 Å². The molecule has 1 saturated heterocycles. The first-order valence-electron chi connectivity index (χ1n) is 16.3. The lowest BCUT2D eigenvalue weighted by atomic mass is 10.0. The molecule has 0 aliphatic carbocycles. The van der Waals surface area contributed by atoms with Crippen LogP contribution in [-0.2, 0) is 28.2 Å². The van der Waals surface area contributed by atoms with Gasteiger partial charge in [0.05, 0.1) is 16.4 Å². The van der Waals surface area contributed by atoms with Crippen LogP contribution in [0.1, 0.15) is 17.2 Å². The summed E-state index contributed by atoms with van der Waals surface area (Å²) in [6, 6.07) is 44.0. The van der Waals surface area contributed by atoms with Gasteiger partial charge in [-0.05, 0) is 47.5 Å². The van der Waals surface area contributed by atoms with E-state index in [2.05, 4.69) is 5.32 Å². The van der Waals surface area contributed by atoms with Crippen molar-refractivity contribution < 1.29 is 32.9 Å². The quantitative estimate of drug-likeness (QED) is 0.0958. The van der Waals surface area contributed by atoms with Gasteiger partial charge in [-0.25, -0.2) is 4.79 Å². The molecule has 0 saturated carbocycles. The van der Waals surface area contributed by atoms with Gasteiger partial charge in [0.2, 0.25) is 0 Å². The number of thioether (sulfide) groups is 1. The second-order valence-electron chi connectivity index (χ2n) is 11.7. The van der Waals surface area contributed by atoms with Crippen LogP contribution < -0.4 is 20.7 Å². The molecule has 1 fully saturated rings. The van der Waals surface area contributed by atoms with E-state index in [1.165, 1.54) is 16.7 Å². The van der Waals surface area contributed by atoms with Crippen LogP contribution in [0.4, 0.5) is 0 Å². The van der Waals surface area contributed by atoms with E-state index in [1.54, 1.807) is 72.8 Å². The molecule has 2 atom stereocenters. The van der Waals surface area contributed by atoms with E-state index in [9.17, 15) is 14.4 Å². The van der Waals surface area contributed by atoms with Crippen LogP contribution in [0.3, 0.4) is 0 Å². The van der Waals surface area contributed by atoms with Crippen LogP contribution in [0.15, 0.2) is 163 Å². The van der Waals surface area contributed by atoms with Crippen molar-refractivity contribution in [1.29, 1.82) is 0 Å². The Kier molecular flexibility index (Phi) is 10.1. The molecular weight excluding hydrogens is 683 g/mol. The summed E-state index contributed by atoms with van der Waals surface area (Å²) < 4.78 is 33.3. The molecule has 51 heavy (non-hydrogen) atoms. The number of benzene rings is 5. The first-order valence-corrected chi connectivity index (χ1v) is 19.0. The minimum atomic E-state index is -3.84. The molecule has 0 radical (unpaired) electrons. The van der Waals surface area contributed by atoms with Gasteiger partial charge in [0.1, 0.15) is 22.9 Å². The van der Waals surface area contributed by atoms with Crippen molar-refractivity contribution in [1.82, 2.24) is 10.2 Å². The Bertz CT molecular complexity index is 2000. The van der Waals surface area contributed by atoms with Crippen molar-refractivity contribution in [3.05, 3.63) is 174 Å². The molecule has 2 amide bonds. The van der Waals surface area contributed by atoms with Crippen molar-refractivity contribution in [2.45, 2.75) is 17.5 Å². The molecule has 0 aromatic heterocycles. The molecule has 0 spiro atoms. The van der Waals surface area contributed by atoms with Crippen molar-refractivity contribution >= 4 is 47.5 Å². The van der Waals surface area contributed by atoms with Crippen LogP contribution in [0.5, 0.6) is 5.75 Å².